The fourth-order valence-electron chi connectivity index (χ4n) is 2.56. The number of nitrogens with one attached hydrogen (secondary N) is 1. The van der Waals surface area contributed by atoms with Crippen molar-refractivity contribution < 1.29 is 14.7 Å². The predicted molar refractivity (Wildman–Crippen MR) is 88.2 cm³/mol. The van der Waals surface area contributed by atoms with E-state index in [1.165, 1.54) is 0 Å². The Labute approximate surface area is 136 Å². The van der Waals surface area contributed by atoms with Gasteiger partial charge in [-0.1, -0.05) is 18.1 Å². The van der Waals surface area contributed by atoms with E-state index in [-0.39, 0.29) is 24.1 Å². The molecular formula is C17H23N3O3. The summed E-state index contributed by atoms with van der Waals surface area (Å²) in [6.45, 7) is 4.27. The van der Waals surface area contributed by atoms with E-state index in [2.05, 4.69) is 10.5 Å². The van der Waals surface area contributed by atoms with Crippen LogP contribution in [0.4, 0.5) is 0 Å². The van der Waals surface area contributed by atoms with E-state index in [1.54, 1.807) is 30.0 Å². The number of hydrogen-bond acceptors (Lipinski definition) is 4. The topological polar surface area (TPSA) is 82.0 Å². The van der Waals surface area contributed by atoms with Gasteiger partial charge >= 0.3 is 0 Å². The lowest BCUT2D eigenvalue weighted by Gasteiger charge is -2.19. The van der Waals surface area contributed by atoms with Crippen molar-refractivity contribution in [2.75, 3.05) is 13.1 Å². The Balaban J connectivity index is 1.97. The van der Waals surface area contributed by atoms with Gasteiger partial charge in [-0.2, -0.15) is 5.10 Å². The van der Waals surface area contributed by atoms with Gasteiger partial charge in [0.2, 0.25) is 5.91 Å². The first-order valence-electron chi connectivity index (χ1n) is 7.88. The van der Waals surface area contributed by atoms with E-state index >= 15 is 0 Å². The molecule has 1 saturated heterocycles. The molecular weight excluding hydrogens is 294 g/mol. The molecule has 0 unspecified atom stereocenters. The fourth-order valence-corrected chi connectivity index (χ4v) is 2.56. The molecule has 0 aromatic heterocycles. The summed E-state index contributed by atoms with van der Waals surface area (Å²) in [6, 6.07) is 5.20. The SMILES string of the molecule is C/C(=N\NC(=O)CN1CCCCCC1=O)c1cc(C)ccc1O. The molecule has 0 bridgehead atoms. The second kappa shape index (κ2) is 7.76. The molecule has 2 N–H and O–H groups in total. The van der Waals surface area contributed by atoms with Gasteiger partial charge in [-0.3, -0.25) is 9.59 Å². The molecule has 1 fully saturated rings. The summed E-state index contributed by atoms with van der Waals surface area (Å²) in [4.78, 5) is 25.4. The molecule has 1 aliphatic rings. The normalized spacial score (nSPS) is 16.2. The van der Waals surface area contributed by atoms with Crippen molar-refractivity contribution in [1.82, 2.24) is 10.3 Å². The van der Waals surface area contributed by atoms with Crippen LogP contribution >= 0.6 is 0 Å². The second-order valence-electron chi connectivity index (χ2n) is 5.88. The Bertz CT molecular complexity index is 626. The van der Waals surface area contributed by atoms with Crippen molar-refractivity contribution >= 4 is 17.5 Å². The molecule has 1 heterocycles. The number of carbonyl (C=O) groups is 2. The summed E-state index contributed by atoms with van der Waals surface area (Å²) in [5, 5.41) is 13.9. The summed E-state index contributed by atoms with van der Waals surface area (Å²) >= 11 is 0. The highest BCUT2D eigenvalue weighted by Gasteiger charge is 2.19. The van der Waals surface area contributed by atoms with Crippen molar-refractivity contribution in [1.29, 1.82) is 0 Å². The van der Waals surface area contributed by atoms with E-state index in [0.717, 1.165) is 24.8 Å². The second-order valence-corrected chi connectivity index (χ2v) is 5.88. The fraction of sp³-hybridized carbons (Fsp3) is 0.471. The molecule has 2 rings (SSSR count). The zero-order valence-electron chi connectivity index (χ0n) is 13.6. The number of phenols is 1. The maximum Gasteiger partial charge on any atom is 0.259 e. The molecule has 1 aliphatic heterocycles. The van der Waals surface area contributed by atoms with Gasteiger partial charge in [0.25, 0.3) is 5.91 Å². The lowest BCUT2D eigenvalue weighted by atomic mass is 10.1. The van der Waals surface area contributed by atoms with Gasteiger partial charge in [0.15, 0.2) is 0 Å². The minimum absolute atomic E-state index is 0.0229. The molecule has 1 aromatic rings. The van der Waals surface area contributed by atoms with Crippen molar-refractivity contribution in [2.45, 2.75) is 39.5 Å². The standard InChI is InChI=1S/C17H23N3O3/c1-12-7-8-15(21)14(10-12)13(2)18-19-16(22)11-20-9-5-3-4-6-17(20)23/h7-8,10,21H,3-6,9,11H2,1-2H3,(H,19,22)/b18-13+. The highest BCUT2D eigenvalue weighted by atomic mass is 16.3. The van der Waals surface area contributed by atoms with Gasteiger partial charge in [0.1, 0.15) is 12.3 Å². The third-order valence-corrected chi connectivity index (χ3v) is 3.90. The third-order valence-electron chi connectivity index (χ3n) is 3.90. The van der Waals surface area contributed by atoms with Crippen molar-refractivity contribution in [3.63, 3.8) is 0 Å². The lowest BCUT2D eigenvalue weighted by Crippen LogP contribution is -2.39. The molecule has 6 nitrogen and oxygen atoms in total. The molecule has 2 amide bonds. The van der Waals surface area contributed by atoms with Crippen LogP contribution in [-0.4, -0.2) is 40.6 Å². The maximum absolute atomic E-state index is 12.0. The van der Waals surface area contributed by atoms with Gasteiger partial charge in [0, 0.05) is 18.5 Å². The number of hydrazone groups is 1. The molecule has 1 aromatic carbocycles. The third kappa shape index (κ3) is 4.81. The molecule has 0 radical (unpaired) electrons. The number of benzene rings is 1. The Morgan fingerprint density at radius 1 is 1.35 bits per heavy atom. The van der Waals surface area contributed by atoms with Gasteiger partial charge in [0.05, 0.1) is 5.71 Å². The van der Waals surface area contributed by atoms with E-state index in [4.69, 9.17) is 0 Å². The molecule has 0 aliphatic carbocycles. The van der Waals surface area contributed by atoms with Crippen LogP contribution in [0, 0.1) is 6.92 Å². The van der Waals surface area contributed by atoms with Crippen LogP contribution in [0.15, 0.2) is 23.3 Å². The largest absolute Gasteiger partial charge is 0.507 e. The van der Waals surface area contributed by atoms with Crippen LogP contribution in [0.5, 0.6) is 5.75 Å². The Morgan fingerprint density at radius 3 is 2.91 bits per heavy atom. The van der Waals surface area contributed by atoms with E-state index in [9.17, 15) is 14.7 Å². The first-order valence-corrected chi connectivity index (χ1v) is 7.88. The predicted octanol–water partition coefficient (Wildman–Crippen LogP) is 1.94. The zero-order valence-corrected chi connectivity index (χ0v) is 13.6. The number of aryl methyl sites for hydroxylation is 1. The van der Waals surface area contributed by atoms with Crippen LogP contribution in [-0.2, 0) is 9.59 Å². The minimum Gasteiger partial charge on any atom is -0.507 e. The molecule has 23 heavy (non-hydrogen) atoms. The number of likely N-dealkylation sites (tertiary alicyclic amines) is 1. The van der Waals surface area contributed by atoms with Crippen LogP contribution < -0.4 is 5.43 Å². The van der Waals surface area contributed by atoms with E-state index in [0.29, 0.717) is 24.2 Å². The number of aromatic hydroxyl groups is 1. The van der Waals surface area contributed by atoms with Crippen LogP contribution in [0.25, 0.3) is 0 Å². The molecule has 0 spiro atoms. The average molecular weight is 317 g/mol. The number of phenolic OH excluding ortho intramolecular Hbond substituents is 1. The Hall–Kier alpha value is -2.37. The maximum atomic E-state index is 12.0. The van der Waals surface area contributed by atoms with Crippen LogP contribution in [0.1, 0.15) is 43.7 Å². The smallest absolute Gasteiger partial charge is 0.259 e. The highest BCUT2D eigenvalue weighted by Crippen LogP contribution is 2.18. The number of nitrogens with zero attached hydrogens (tertiary/aromatic N) is 2. The minimum atomic E-state index is -0.327. The highest BCUT2D eigenvalue weighted by molar-refractivity contribution is 6.01. The summed E-state index contributed by atoms with van der Waals surface area (Å²) in [5.41, 5.74) is 4.55. The summed E-state index contributed by atoms with van der Waals surface area (Å²) in [5.74, 6) is -0.185. The Morgan fingerprint density at radius 2 is 2.13 bits per heavy atom. The number of amides is 2. The first-order chi connectivity index (χ1) is 11.0. The van der Waals surface area contributed by atoms with Crippen molar-refractivity contribution in [3.05, 3.63) is 29.3 Å². The molecule has 6 heteroatoms. The van der Waals surface area contributed by atoms with Crippen LogP contribution in [0.3, 0.4) is 0 Å². The van der Waals surface area contributed by atoms with Crippen LogP contribution in [0.2, 0.25) is 0 Å². The molecule has 0 atom stereocenters. The van der Waals surface area contributed by atoms with E-state index < -0.39 is 0 Å². The van der Waals surface area contributed by atoms with Gasteiger partial charge in [-0.25, -0.2) is 5.43 Å². The number of hydrogen-bond donors (Lipinski definition) is 2. The number of carbonyl (C=O) groups excluding carboxylic acids is 2. The summed E-state index contributed by atoms with van der Waals surface area (Å²) in [7, 11) is 0. The van der Waals surface area contributed by atoms with Crippen molar-refractivity contribution in [3.8, 4) is 5.75 Å². The molecule has 124 valence electrons. The van der Waals surface area contributed by atoms with Crippen molar-refractivity contribution in [2.24, 2.45) is 5.10 Å². The number of rotatable bonds is 4. The quantitative estimate of drug-likeness (QED) is 0.658. The first kappa shape index (κ1) is 17.0. The summed E-state index contributed by atoms with van der Waals surface area (Å²) < 4.78 is 0. The molecule has 0 saturated carbocycles. The van der Waals surface area contributed by atoms with Gasteiger partial charge in [-0.05, 0) is 38.8 Å². The van der Waals surface area contributed by atoms with Gasteiger partial charge in [-0.15, -0.1) is 0 Å². The van der Waals surface area contributed by atoms with Gasteiger partial charge < -0.3 is 10.0 Å². The Kier molecular flexibility index (Phi) is 5.73. The average Bonchev–Trinajstić information content (AvgIpc) is 2.72. The summed E-state index contributed by atoms with van der Waals surface area (Å²) in [6.07, 6.45) is 3.35. The monoisotopic (exact) mass is 317 g/mol. The van der Waals surface area contributed by atoms with E-state index in [1.807, 2.05) is 6.92 Å². The zero-order chi connectivity index (χ0) is 16.8. The lowest BCUT2D eigenvalue weighted by molar-refractivity contribution is -0.135.